The zero-order valence-electron chi connectivity index (χ0n) is 13.6. The van der Waals surface area contributed by atoms with Crippen molar-refractivity contribution < 1.29 is 5.11 Å². The van der Waals surface area contributed by atoms with Gasteiger partial charge in [-0.3, -0.25) is 0 Å². The second-order valence-corrected chi connectivity index (χ2v) is 5.59. The molecule has 0 saturated heterocycles. The molecule has 0 aliphatic rings. The van der Waals surface area contributed by atoms with Crippen molar-refractivity contribution in [2.75, 3.05) is 0 Å². The van der Waals surface area contributed by atoms with Crippen LogP contribution < -0.4 is 0 Å². The molecule has 2 aromatic carbocycles. The smallest absolute Gasteiger partial charge is 0.155 e. The number of aliphatic hydroxyl groups excluding tert-OH is 1. The Labute approximate surface area is 141 Å². The average Bonchev–Trinajstić information content (AvgIpc) is 2.99. The summed E-state index contributed by atoms with van der Waals surface area (Å²) in [5, 5.41) is 20.0. The zero-order chi connectivity index (χ0) is 16.9. The molecule has 0 radical (unpaired) electrons. The molecule has 4 nitrogen and oxygen atoms in total. The van der Waals surface area contributed by atoms with Gasteiger partial charge in [0, 0.05) is 13.0 Å². The van der Waals surface area contributed by atoms with Gasteiger partial charge in [-0.2, -0.15) is 5.26 Å². The molecule has 3 aromatic rings. The maximum absolute atomic E-state index is 10.5. The van der Waals surface area contributed by atoms with E-state index >= 15 is 0 Å². The van der Waals surface area contributed by atoms with Crippen LogP contribution in [0, 0.1) is 11.3 Å². The van der Waals surface area contributed by atoms with Crippen molar-refractivity contribution >= 4 is 16.6 Å². The van der Waals surface area contributed by atoms with E-state index in [0.29, 0.717) is 25.2 Å². The number of nitriles is 1. The molecule has 0 aliphatic heterocycles. The lowest BCUT2D eigenvalue weighted by Crippen LogP contribution is -2.03. The molecule has 3 rings (SSSR count). The summed E-state index contributed by atoms with van der Waals surface area (Å²) in [7, 11) is 0. The minimum atomic E-state index is 0.0892. The summed E-state index contributed by atoms with van der Waals surface area (Å²) in [5.74, 6) is 0.623. The lowest BCUT2D eigenvalue weighted by Gasteiger charge is -2.07. The Hall–Kier alpha value is -3.06. The van der Waals surface area contributed by atoms with Gasteiger partial charge in [0.2, 0.25) is 0 Å². The van der Waals surface area contributed by atoms with Gasteiger partial charge in [-0.25, -0.2) is 4.98 Å². The molecular weight excluding hydrogens is 298 g/mol. The van der Waals surface area contributed by atoms with E-state index < -0.39 is 0 Å². The topological polar surface area (TPSA) is 61.8 Å². The number of aliphatic hydroxyl groups is 1. The minimum absolute atomic E-state index is 0.0892. The third kappa shape index (κ3) is 3.02. The van der Waals surface area contributed by atoms with Gasteiger partial charge < -0.3 is 9.67 Å². The van der Waals surface area contributed by atoms with E-state index in [0.717, 1.165) is 16.6 Å². The van der Waals surface area contributed by atoms with Crippen LogP contribution in [0.5, 0.6) is 0 Å². The third-order valence-corrected chi connectivity index (χ3v) is 4.09. The SMILES string of the molecule is CCn1c(C(C#N)=C(O)CCc2ccccc2)nc2ccccc21. The Balaban J connectivity index is 1.97. The highest BCUT2D eigenvalue weighted by Crippen LogP contribution is 2.24. The van der Waals surface area contributed by atoms with E-state index in [2.05, 4.69) is 11.1 Å². The van der Waals surface area contributed by atoms with Gasteiger partial charge >= 0.3 is 0 Å². The first-order valence-corrected chi connectivity index (χ1v) is 8.06. The van der Waals surface area contributed by atoms with Crippen molar-refractivity contribution in [3.8, 4) is 6.07 Å². The Morgan fingerprint density at radius 2 is 1.83 bits per heavy atom. The maximum Gasteiger partial charge on any atom is 0.155 e. The molecule has 0 saturated carbocycles. The quantitative estimate of drug-likeness (QED) is 0.557. The van der Waals surface area contributed by atoms with E-state index in [1.807, 2.05) is 66.1 Å². The molecule has 1 N–H and O–H groups in total. The first-order chi connectivity index (χ1) is 11.7. The van der Waals surface area contributed by atoms with Gasteiger partial charge in [0.25, 0.3) is 0 Å². The molecule has 0 spiro atoms. The number of imidazole rings is 1. The van der Waals surface area contributed by atoms with Gasteiger partial charge in [0.15, 0.2) is 5.82 Å². The molecule has 0 bridgehead atoms. The number of benzene rings is 2. The Morgan fingerprint density at radius 1 is 1.12 bits per heavy atom. The van der Waals surface area contributed by atoms with E-state index in [4.69, 9.17) is 0 Å². The third-order valence-electron chi connectivity index (χ3n) is 4.09. The number of aromatic nitrogens is 2. The van der Waals surface area contributed by atoms with Crippen LogP contribution in [-0.2, 0) is 13.0 Å². The summed E-state index contributed by atoms with van der Waals surface area (Å²) in [4.78, 5) is 4.55. The normalized spacial score (nSPS) is 12.0. The Bertz CT molecular complexity index is 917. The number of para-hydroxylation sites is 2. The fraction of sp³-hybridized carbons (Fsp3) is 0.200. The zero-order valence-corrected chi connectivity index (χ0v) is 13.6. The molecule has 0 amide bonds. The van der Waals surface area contributed by atoms with Gasteiger partial charge in [-0.05, 0) is 31.0 Å². The number of hydrogen-bond acceptors (Lipinski definition) is 3. The number of rotatable bonds is 5. The Kier molecular flexibility index (Phi) is 4.62. The predicted octanol–water partition coefficient (Wildman–Crippen LogP) is 4.48. The first-order valence-electron chi connectivity index (χ1n) is 8.06. The molecule has 0 unspecified atom stereocenters. The summed E-state index contributed by atoms with van der Waals surface area (Å²) >= 11 is 0. The molecule has 1 heterocycles. The van der Waals surface area contributed by atoms with Crippen LogP contribution in [0.25, 0.3) is 16.6 Å². The van der Waals surface area contributed by atoms with Crippen molar-refractivity contribution in [2.24, 2.45) is 0 Å². The highest BCUT2D eigenvalue weighted by atomic mass is 16.3. The maximum atomic E-state index is 10.5. The standard InChI is InChI=1S/C20H19N3O/c1-2-23-18-11-7-6-10-17(18)22-20(23)16(14-21)19(24)13-12-15-8-4-3-5-9-15/h3-11,24H,2,12-13H2,1H3. The van der Waals surface area contributed by atoms with Crippen molar-refractivity contribution in [2.45, 2.75) is 26.3 Å². The summed E-state index contributed by atoms with van der Waals surface area (Å²) in [6, 6.07) is 19.8. The van der Waals surface area contributed by atoms with Crippen molar-refractivity contribution in [3.63, 3.8) is 0 Å². The van der Waals surface area contributed by atoms with Crippen LogP contribution in [0.15, 0.2) is 60.4 Å². The second-order valence-electron chi connectivity index (χ2n) is 5.59. The number of allylic oxidation sites excluding steroid dienone is 2. The van der Waals surface area contributed by atoms with Gasteiger partial charge in [0.05, 0.1) is 11.0 Å². The number of hydrogen-bond donors (Lipinski definition) is 1. The number of fused-ring (bicyclic) bond motifs is 1. The lowest BCUT2D eigenvalue weighted by molar-refractivity contribution is 0.391. The van der Waals surface area contributed by atoms with Crippen LogP contribution in [0.3, 0.4) is 0 Å². The van der Waals surface area contributed by atoms with Crippen LogP contribution in [0.1, 0.15) is 24.7 Å². The van der Waals surface area contributed by atoms with Crippen molar-refractivity contribution in [1.82, 2.24) is 9.55 Å². The van der Waals surface area contributed by atoms with Crippen LogP contribution in [-0.4, -0.2) is 14.7 Å². The molecule has 0 fully saturated rings. The van der Waals surface area contributed by atoms with Crippen LogP contribution in [0.4, 0.5) is 0 Å². The minimum Gasteiger partial charge on any atom is -0.511 e. The number of aryl methyl sites for hydroxylation is 2. The van der Waals surface area contributed by atoms with Crippen LogP contribution >= 0.6 is 0 Å². The van der Waals surface area contributed by atoms with Crippen molar-refractivity contribution in [3.05, 3.63) is 71.7 Å². The molecule has 1 aromatic heterocycles. The largest absolute Gasteiger partial charge is 0.511 e. The fourth-order valence-corrected chi connectivity index (χ4v) is 2.86. The molecule has 0 aliphatic carbocycles. The average molecular weight is 317 g/mol. The van der Waals surface area contributed by atoms with Gasteiger partial charge in [0.1, 0.15) is 17.4 Å². The van der Waals surface area contributed by atoms with Crippen LogP contribution in [0.2, 0.25) is 0 Å². The summed E-state index contributed by atoms with van der Waals surface area (Å²) in [5.41, 5.74) is 3.19. The lowest BCUT2D eigenvalue weighted by atomic mass is 10.1. The summed E-state index contributed by atoms with van der Waals surface area (Å²) < 4.78 is 1.96. The predicted molar refractivity (Wildman–Crippen MR) is 95.3 cm³/mol. The highest BCUT2D eigenvalue weighted by molar-refractivity contribution is 5.83. The molecular formula is C20H19N3O. The van der Waals surface area contributed by atoms with Crippen molar-refractivity contribution in [1.29, 1.82) is 5.26 Å². The molecule has 4 heteroatoms. The van der Waals surface area contributed by atoms with Gasteiger partial charge in [-0.15, -0.1) is 0 Å². The molecule has 120 valence electrons. The second kappa shape index (κ2) is 7.01. The Morgan fingerprint density at radius 3 is 2.54 bits per heavy atom. The van der Waals surface area contributed by atoms with E-state index in [1.165, 1.54) is 0 Å². The highest BCUT2D eigenvalue weighted by Gasteiger charge is 2.17. The number of nitrogens with zero attached hydrogens (tertiary/aromatic N) is 3. The summed E-state index contributed by atoms with van der Waals surface area (Å²) in [6.45, 7) is 2.70. The summed E-state index contributed by atoms with van der Waals surface area (Å²) in [6.07, 6.45) is 1.10. The van der Waals surface area contributed by atoms with E-state index in [9.17, 15) is 10.4 Å². The molecule has 24 heavy (non-hydrogen) atoms. The monoisotopic (exact) mass is 317 g/mol. The van der Waals surface area contributed by atoms with E-state index in [-0.39, 0.29) is 11.3 Å². The fourth-order valence-electron chi connectivity index (χ4n) is 2.86. The molecule has 0 atom stereocenters. The van der Waals surface area contributed by atoms with Gasteiger partial charge in [-0.1, -0.05) is 42.5 Å². The first kappa shape index (κ1) is 15.8. The van der Waals surface area contributed by atoms with E-state index in [1.54, 1.807) is 0 Å².